The van der Waals surface area contributed by atoms with Crippen molar-refractivity contribution in [2.45, 2.75) is 36.2 Å². The number of nitrogens with zero attached hydrogens (tertiary/aromatic N) is 1. The van der Waals surface area contributed by atoms with E-state index in [1.165, 1.54) is 18.2 Å². The fraction of sp³-hybridized carbons (Fsp3) is 0.300. The van der Waals surface area contributed by atoms with E-state index in [0.717, 1.165) is 16.4 Å². The van der Waals surface area contributed by atoms with E-state index >= 15 is 0 Å². The van der Waals surface area contributed by atoms with Crippen molar-refractivity contribution in [3.63, 3.8) is 0 Å². The summed E-state index contributed by atoms with van der Waals surface area (Å²) < 4.78 is 40.9. The topological polar surface area (TPSA) is 124 Å². The largest absolute Gasteiger partial charge is 0.507 e. The number of aromatic hydroxyl groups is 1. The molecule has 3 rings (SSSR count). The molecule has 11 heteroatoms. The van der Waals surface area contributed by atoms with Gasteiger partial charge in [-0.2, -0.15) is 4.31 Å². The normalized spacial score (nSPS) is 17.9. The minimum Gasteiger partial charge on any atom is -0.507 e. The first-order valence-corrected chi connectivity index (χ1v) is 11.9. The van der Waals surface area contributed by atoms with Gasteiger partial charge >= 0.3 is 5.97 Å². The maximum absolute atomic E-state index is 13.5. The van der Waals surface area contributed by atoms with E-state index in [9.17, 15) is 32.6 Å². The van der Waals surface area contributed by atoms with E-state index in [1.807, 2.05) is 22.6 Å². The number of aliphatic carboxylic acids is 1. The third-order valence-electron chi connectivity index (χ3n) is 4.98. The van der Waals surface area contributed by atoms with Crippen molar-refractivity contribution in [3.05, 3.63) is 57.4 Å². The highest BCUT2D eigenvalue weighted by atomic mass is 127. The Labute approximate surface area is 192 Å². The van der Waals surface area contributed by atoms with Crippen molar-refractivity contribution in [2.75, 3.05) is 6.54 Å². The number of carboxylic acid groups (broad SMARTS) is 1. The summed E-state index contributed by atoms with van der Waals surface area (Å²) in [6.45, 7) is 0.0742. The maximum Gasteiger partial charge on any atom is 0.326 e. The second kappa shape index (κ2) is 9.49. The Morgan fingerprint density at radius 1 is 1.26 bits per heavy atom. The van der Waals surface area contributed by atoms with Crippen LogP contribution in [0.5, 0.6) is 5.75 Å². The highest BCUT2D eigenvalue weighted by molar-refractivity contribution is 14.1. The van der Waals surface area contributed by atoms with Crippen LogP contribution in [0.15, 0.2) is 47.4 Å². The number of phenols is 1. The second-order valence-corrected chi connectivity index (χ2v) is 10.2. The molecule has 2 aromatic carbocycles. The third-order valence-corrected chi connectivity index (χ3v) is 7.74. The van der Waals surface area contributed by atoms with Crippen molar-refractivity contribution in [3.8, 4) is 5.75 Å². The van der Waals surface area contributed by atoms with Gasteiger partial charge in [-0.15, -0.1) is 0 Å². The summed E-state index contributed by atoms with van der Waals surface area (Å²) in [5.41, 5.74) is 0.588. The molecule has 0 bridgehead atoms. The zero-order valence-corrected chi connectivity index (χ0v) is 19.1. The number of nitrogens with one attached hydrogen (secondary N) is 1. The van der Waals surface area contributed by atoms with Crippen LogP contribution in [0.2, 0.25) is 0 Å². The molecule has 31 heavy (non-hydrogen) atoms. The fourth-order valence-electron chi connectivity index (χ4n) is 3.43. The van der Waals surface area contributed by atoms with Crippen LogP contribution in [-0.4, -0.2) is 53.4 Å². The van der Waals surface area contributed by atoms with Gasteiger partial charge in [-0.1, -0.05) is 12.1 Å². The Morgan fingerprint density at radius 3 is 2.65 bits per heavy atom. The molecule has 8 nitrogen and oxygen atoms in total. The molecule has 1 fully saturated rings. The Morgan fingerprint density at radius 2 is 2.00 bits per heavy atom. The van der Waals surface area contributed by atoms with E-state index < -0.39 is 39.8 Å². The first-order valence-electron chi connectivity index (χ1n) is 9.37. The zero-order valence-electron chi connectivity index (χ0n) is 16.2. The molecule has 1 saturated heterocycles. The van der Waals surface area contributed by atoms with Gasteiger partial charge in [-0.25, -0.2) is 17.6 Å². The molecule has 3 N–H and O–H groups in total. The van der Waals surface area contributed by atoms with Gasteiger partial charge in [0.15, 0.2) is 0 Å². The van der Waals surface area contributed by atoms with Gasteiger partial charge in [-0.05, 0) is 71.3 Å². The van der Waals surface area contributed by atoms with Crippen molar-refractivity contribution >= 4 is 44.5 Å². The first kappa shape index (κ1) is 23.4. The highest BCUT2D eigenvalue weighted by Gasteiger charge is 2.40. The number of sulfonamides is 1. The molecule has 0 unspecified atom stereocenters. The lowest BCUT2D eigenvalue weighted by Gasteiger charge is -2.25. The molecular formula is C20H20FIN2O6S. The maximum atomic E-state index is 13.5. The zero-order chi connectivity index (χ0) is 22.8. The average molecular weight is 562 g/mol. The van der Waals surface area contributed by atoms with Crippen LogP contribution in [-0.2, 0) is 26.0 Å². The number of halogens is 2. The van der Waals surface area contributed by atoms with Crippen LogP contribution in [0.1, 0.15) is 18.4 Å². The van der Waals surface area contributed by atoms with E-state index in [-0.39, 0.29) is 30.0 Å². The summed E-state index contributed by atoms with van der Waals surface area (Å²) in [5.74, 6) is -2.65. The van der Waals surface area contributed by atoms with Crippen molar-refractivity contribution < 1.29 is 32.6 Å². The molecule has 0 saturated carbocycles. The van der Waals surface area contributed by atoms with Gasteiger partial charge < -0.3 is 15.5 Å². The van der Waals surface area contributed by atoms with Gasteiger partial charge in [0.1, 0.15) is 23.7 Å². The Kier molecular flexibility index (Phi) is 7.17. The summed E-state index contributed by atoms with van der Waals surface area (Å²) in [6.07, 6.45) is 0.602. The van der Waals surface area contributed by atoms with Gasteiger partial charge in [0.25, 0.3) is 0 Å². The lowest BCUT2D eigenvalue weighted by molar-refractivity contribution is -0.142. The Bertz CT molecular complexity index is 1110. The molecule has 2 atom stereocenters. The van der Waals surface area contributed by atoms with Gasteiger partial charge in [0.05, 0.1) is 8.47 Å². The van der Waals surface area contributed by atoms with Crippen LogP contribution in [0, 0.1) is 9.39 Å². The third kappa shape index (κ3) is 5.33. The summed E-state index contributed by atoms with van der Waals surface area (Å²) in [4.78, 5) is 24.3. The number of rotatable bonds is 7. The fourth-order valence-corrected chi connectivity index (χ4v) is 5.70. The lowest BCUT2D eigenvalue weighted by atomic mass is 10.1. The second-order valence-electron chi connectivity index (χ2n) is 7.12. The predicted molar refractivity (Wildman–Crippen MR) is 117 cm³/mol. The molecule has 0 spiro atoms. The average Bonchev–Trinajstić information content (AvgIpc) is 3.21. The van der Waals surface area contributed by atoms with Crippen LogP contribution >= 0.6 is 22.6 Å². The van der Waals surface area contributed by atoms with E-state index in [4.69, 9.17) is 0 Å². The quantitative estimate of drug-likeness (QED) is 0.445. The number of phenolic OH excluding ortho intramolecular Hbond substituents is 1. The number of benzene rings is 2. The standard InChI is InChI=1S/C20H20FIN2O6S/c21-13-3-1-4-14(11-13)31(29,30)24-8-2-5-17(24)19(26)23-16(20(27)28)10-12-6-7-18(25)15(22)9-12/h1,3-4,6-7,9,11,16-17,25H,2,5,8,10H2,(H,23,26)(H,27,28)/t16-,17-/m0/s1. The highest BCUT2D eigenvalue weighted by Crippen LogP contribution is 2.27. The number of hydrogen-bond donors (Lipinski definition) is 3. The van der Waals surface area contributed by atoms with E-state index in [1.54, 1.807) is 12.1 Å². The molecular weight excluding hydrogens is 542 g/mol. The van der Waals surface area contributed by atoms with Crippen LogP contribution in [0.25, 0.3) is 0 Å². The number of amides is 1. The minimum atomic E-state index is -4.12. The number of carbonyl (C=O) groups excluding carboxylic acids is 1. The number of hydrogen-bond acceptors (Lipinski definition) is 5. The van der Waals surface area contributed by atoms with Gasteiger partial charge in [0.2, 0.25) is 15.9 Å². The SMILES string of the molecule is O=C(O)[C@H](Cc1ccc(O)c(I)c1)NC(=O)[C@@H]1CCCN1S(=O)(=O)c1cccc(F)c1. The van der Waals surface area contributed by atoms with Crippen molar-refractivity contribution in [1.82, 2.24) is 9.62 Å². The Hall–Kier alpha value is -2.25. The molecule has 166 valence electrons. The molecule has 1 amide bonds. The minimum absolute atomic E-state index is 0.0410. The van der Waals surface area contributed by atoms with E-state index in [2.05, 4.69) is 5.32 Å². The molecule has 1 heterocycles. The van der Waals surface area contributed by atoms with Crippen LogP contribution in [0.3, 0.4) is 0 Å². The van der Waals surface area contributed by atoms with Crippen LogP contribution in [0.4, 0.5) is 4.39 Å². The smallest absolute Gasteiger partial charge is 0.326 e. The molecule has 1 aliphatic rings. The predicted octanol–water partition coefficient (Wildman–Crippen LogP) is 2.10. The van der Waals surface area contributed by atoms with Gasteiger partial charge in [-0.3, -0.25) is 4.79 Å². The lowest BCUT2D eigenvalue weighted by Crippen LogP contribution is -2.51. The van der Waals surface area contributed by atoms with Crippen molar-refractivity contribution in [1.29, 1.82) is 0 Å². The Balaban J connectivity index is 1.78. The summed E-state index contributed by atoms with van der Waals surface area (Å²) in [5, 5.41) is 21.6. The number of carboxylic acids is 1. The first-order chi connectivity index (χ1) is 14.6. The number of carbonyl (C=O) groups is 2. The molecule has 0 aliphatic carbocycles. The summed E-state index contributed by atoms with van der Waals surface area (Å²) in [7, 11) is -4.12. The summed E-state index contributed by atoms with van der Waals surface area (Å²) in [6, 6.07) is 6.74. The molecule has 2 aromatic rings. The van der Waals surface area contributed by atoms with Crippen molar-refractivity contribution in [2.24, 2.45) is 0 Å². The molecule has 1 aliphatic heterocycles. The summed E-state index contributed by atoms with van der Waals surface area (Å²) >= 11 is 1.90. The monoisotopic (exact) mass is 562 g/mol. The van der Waals surface area contributed by atoms with Crippen LogP contribution < -0.4 is 5.32 Å². The van der Waals surface area contributed by atoms with Gasteiger partial charge in [0, 0.05) is 13.0 Å². The molecule has 0 aromatic heterocycles. The van der Waals surface area contributed by atoms with E-state index in [0.29, 0.717) is 15.6 Å². The molecule has 0 radical (unpaired) electrons.